The van der Waals surface area contributed by atoms with Crippen molar-refractivity contribution in [1.29, 1.82) is 0 Å². The van der Waals surface area contributed by atoms with E-state index in [4.69, 9.17) is 4.74 Å². The molecule has 0 spiro atoms. The highest BCUT2D eigenvalue weighted by Crippen LogP contribution is 2.31. The second-order valence-corrected chi connectivity index (χ2v) is 10.9. The minimum absolute atomic E-state index is 0.110. The van der Waals surface area contributed by atoms with Crippen LogP contribution in [-0.4, -0.2) is 71.6 Å². The molecule has 1 unspecified atom stereocenters. The molecule has 0 radical (unpaired) electrons. The number of esters is 1. The van der Waals surface area contributed by atoms with Crippen LogP contribution in [0.1, 0.15) is 59.6 Å². The zero-order valence-electron chi connectivity index (χ0n) is 20.4. The molecule has 2 aliphatic heterocycles. The molecular formula is C26H33N3O4S2. The molecule has 0 aliphatic carbocycles. The molecule has 2 aliphatic rings. The van der Waals surface area contributed by atoms with Crippen molar-refractivity contribution in [1.82, 2.24) is 14.8 Å². The first kappa shape index (κ1) is 25.7. The number of thiazole rings is 1. The Hall–Kier alpha value is -2.39. The largest absolute Gasteiger partial charge is 0.466 e. The summed E-state index contributed by atoms with van der Waals surface area (Å²) in [6.07, 6.45) is 5.73. The summed E-state index contributed by atoms with van der Waals surface area (Å²) >= 11 is 3.22. The van der Waals surface area contributed by atoms with Gasteiger partial charge in [-0.1, -0.05) is 12.1 Å². The van der Waals surface area contributed by atoms with Gasteiger partial charge in [0, 0.05) is 42.4 Å². The van der Waals surface area contributed by atoms with Gasteiger partial charge >= 0.3 is 5.97 Å². The number of ether oxygens (including phenoxy) is 1. The van der Waals surface area contributed by atoms with E-state index in [0.29, 0.717) is 44.9 Å². The number of benzene rings is 1. The molecule has 4 rings (SSSR count). The number of piperidine rings is 2. The van der Waals surface area contributed by atoms with Gasteiger partial charge in [-0.3, -0.25) is 14.4 Å². The summed E-state index contributed by atoms with van der Waals surface area (Å²) < 4.78 is 5.15. The molecule has 35 heavy (non-hydrogen) atoms. The van der Waals surface area contributed by atoms with Crippen LogP contribution in [-0.2, 0) is 20.7 Å². The van der Waals surface area contributed by atoms with Gasteiger partial charge in [0.2, 0.25) is 5.91 Å². The summed E-state index contributed by atoms with van der Waals surface area (Å²) in [5.41, 5.74) is 1.50. The zero-order chi connectivity index (χ0) is 24.8. The summed E-state index contributed by atoms with van der Waals surface area (Å²) in [4.78, 5) is 47.5. The lowest BCUT2D eigenvalue weighted by atomic mass is 9.97. The highest BCUT2D eigenvalue weighted by molar-refractivity contribution is 7.98. The Bertz CT molecular complexity index is 1030. The van der Waals surface area contributed by atoms with E-state index in [9.17, 15) is 14.4 Å². The summed E-state index contributed by atoms with van der Waals surface area (Å²) in [5, 5.41) is 2.80. The van der Waals surface area contributed by atoms with Crippen LogP contribution >= 0.6 is 23.1 Å². The van der Waals surface area contributed by atoms with Crippen molar-refractivity contribution in [2.24, 2.45) is 5.92 Å². The van der Waals surface area contributed by atoms with Crippen LogP contribution in [0.3, 0.4) is 0 Å². The summed E-state index contributed by atoms with van der Waals surface area (Å²) in [6, 6.07) is 8.17. The summed E-state index contributed by atoms with van der Waals surface area (Å²) in [7, 11) is 0. The summed E-state index contributed by atoms with van der Waals surface area (Å²) in [5.74, 6) is -0.156. The second-order valence-electron chi connectivity index (χ2n) is 9.09. The average molecular weight is 516 g/mol. The molecule has 0 N–H and O–H groups in total. The molecule has 3 heterocycles. The number of carbonyl (C=O) groups excluding carboxylic acids is 3. The van der Waals surface area contributed by atoms with Gasteiger partial charge in [0.1, 0.15) is 5.69 Å². The number of carbonyl (C=O) groups is 3. The van der Waals surface area contributed by atoms with Crippen molar-refractivity contribution in [3.8, 4) is 0 Å². The van der Waals surface area contributed by atoms with Crippen LogP contribution in [0.2, 0.25) is 0 Å². The highest BCUT2D eigenvalue weighted by Gasteiger charge is 2.32. The van der Waals surface area contributed by atoms with Gasteiger partial charge in [0.15, 0.2) is 0 Å². The number of aromatic nitrogens is 1. The molecule has 2 aromatic rings. The molecule has 0 saturated carbocycles. The average Bonchev–Trinajstić information content (AvgIpc) is 3.39. The van der Waals surface area contributed by atoms with Crippen molar-refractivity contribution in [2.45, 2.75) is 49.8 Å². The quantitative estimate of drug-likeness (QED) is 0.406. The Morgan fingerprint density at radius 1 is 1.09 bits per heavy atom. The lowest BCUT2D eigenvalue weighted by Gasteiger charge is -2.31. The topological polar surface area (TPSA) is 79.8 Å². The monoisotopic (exact) mass is 515 g/mol. The van der Waals surface area contributed by atoms with Gasteiger partial charge < -0.3 is 14.5 Å². The van der Waals surface area contributed by atoms with Gasteiger partial charge in [-0.05, 0) is 56.6 Å². The van der Waals surface area contributed by atoms with E-state index in [-0.39, 0.29) is 29.6 Å². The molecule has 7 nitrogen and oxygen atoms in total. The van der Waals surface area contributed by atoms with Gasteiger partial charge in [-0.2, -0.15) is 0 Å². The van der Waals surface area contributed by atoms with E-state index < -0.39 is 0 Å². The number of likely N-dealkylation sites (tertiary alicyclic amines) is 2. The first-order valence-electron chi connectivity index (χ1n) is 12.3. The van der Waals surface area contributed by atoms with Crippen LogP contribution in [0.15, 0.2) is 34.5 Å². The zero-order valence-corrected chi connectivity index (χ0v) is 22.0. The third-order valence-corrected chi connectivity index (χ3v) is 8.53. The molecule has 1 aromatic carbocycles. The summed E-state index contributed by atoms with van der Waals surface area (Å²) in [6.45, 7) is 4.61. The number of hydrogen-bond donors (Lipinski definition) is 0. The van der Waals surface area contributed by atoms with Crippen LogP contribution in [0.4, 0.5) is 0 Å². The molecule has 2 fully saturated rings. The van der Waals surface area contributed by atoms with Crippen molar-refractivity contribution >= 4 is 40.9 Å². The number of hydrogen-bond acceptors (Lipinski definition) is 7. The SMILES string of the molecule is CCOC(=O)C1CCCN(C(=O)c2csc(C3CCN(C(=O)Cc4ccc(SC)cc4)CC3)n2)C1. The Kier molecular flexibility index (Phi) is 8.83. The Balaban J connectivity index is 1.29. The second kappa shape index (κ2) is 12.0. The highest BCUT2D eigenvalue weighted by atomic mass is 32.2. The van der Waals surface area contributed by atoms with Gasteiger partial charge in [-0.15, -0.1) is 23.1 Å². The van der Waals surface area contributed by atoms with Crippen molar-refractivity contribution in [3.63, 3.8) is 0 Å². The van der Waals surface area contributed by atoms with E-state index in [1.165, 1.54) is 16.2 Å². The maximum Gasteiger partial charge on any atom is 0.310 e. The van der Waals surface area contributed by atoms with E-state index in [1.807, 2.05) is 28.7 Å². The van der Waals surface area contributed by atoms with Crippen LogP contribution in [0.25, 0.3) is 0 Å². The Morgan fingerprint density at radius 2 is 1.83 bits per heavy atom. The smallest absolute Gasteiger partial charge is 0.310 e. The molecule has 2 saturated heterocycles. The van der Waals surface area contributed by atoms with Gasteiger partial charge in [0.25, 0.3) is 5.91 Å². The number of thioether (sulfide) groups is 1. The van der Waals surface area contributed by atoms with Crippen LogP contribution in [0, 0.1) is 5.92 Å². The minimum Gasteiger partial charge on any atom is -0.466 e. The predicted molar refractivity (Wildman–Crippen MR) is 138 cm³/mol. The van der Waals surface area contributed by atoms with E-state index in [0.717, 1.165) is 36.3 Å². The molecule has 0 bridgehead atoms. The fourth-order valence-electron chi connectivity index (χ4n) is 4.76. The molecule has 1 atom stereocenters. The van der Waals surface area contributed by atoms with E-state index in [1.54, 1.807) is 23.6 Å². The van der Waals surface area contributed by atoms with Gasteiger partial charge in [-0.25, -0.2) is 4.98 Å². The van der Waals surface area contributed by atoms with Crippen LogP contribution < -0.4 is 0 Å². The molecular weight excluding hydrogens is 482 g/mol. The predicted octanol–water partition coefficient (Wildman–Crippen LogP) is 4.23. The van der Waals surface area contributed by atoms with Crippen molar-refractivity contribution < 1.29 is 19.1 Å². The first-order chi connectivity index (χ1) is 17.0. The maximum absolute atomic E-state index is 13.0. The molecule has 9 heteroatoms. The lowest BCUT2D eigenvalue weighted by molar-refractivity contribution is -0.149. The van der Waals surface area contributed by atoms with Crippen molar-refractivity contribution in [3.05, 3.63) is 45.9 Å². The lowest BCUT2D eigenvalue weighted by Crippen LogP contribution is -2.43. The Labute approximate surface area is 215 Å². The Morgan fingerprint density at radius 3 is 2.51 bits per heavy atom. The standard InChI is InChI=1S/C26H33N3O4S2/c1-3-33-26(32)20-5-4-12-29(16-20)25(31)22-17-35-24(27-22)19-10-13-28(14-11-19)23(30)15-18-6-8-21(34-2)9-7-18/h6-9,17,19-20H,3-5,10-16H2,1-2H3. The van der Waals surface area contributed by atoms with Gasteiger partial charge in [0.05, 0.1) is 24.0 Å². The van der Waals surface area contributed by atoms with E-state index >= 15 is 0 Å². The fourth-order valence-corrected chi connectivity index (χ4v) is 6.13. The number of rotatable bonds is 7. The normalized spacial score (nSPS) is 19.0. The van der Waals surface area contributed by atoms with E-state index in [2.05, 4.69) is 17.1 Å². The third kappa shape index (κ3) is 6.44. The molecule has 188 valence electrons. The number of amides is 2. The molecule has 2 amide bonds. The fraction of sp³-hybridized carbons (Fsp3) is 0.538. The third-order valence-electron chi connectivity index (χ3n) is 6.78. The first-order valence-corrected chi connectivity index (χ1v) is 14.4. The molecule has 1 aromatic heterocycles. The maximum atomic E-state index is 13.0. The van der Waals surface area contributed by atoms with Crippen LogP contribution in [0.5, 0.6) is 0 Å². The number of nitrogens with zero attached hydrogens (tertiary/aromatic N) is 3. The minimum atomic E-state index is -0.254. The van der Waals surface area contributed by atoms with Crippen molar-refractivity contribution in [2.75, 3.05) is 39.0 Å².